The number of aromatic nitrogens is 1. The Morgan fingerprint density at radius 3 is 2.28 bits per heavy atom. The van der Waals surface area contributed by atoms with Gasteiger partial charge in [-0.2, -0.15) is 4.31 Å². The highest BCUT2D eigenvalue weighted by Crippen LogP contribution is 2.28. The van der Waals surface area contributed by atoms with Crippen molar-refractivity contribution in [1.82, 2.24) is 14.6 Å². The number of carbonyl (C=O) groups is 2. The lowest BCUT2D eigenvalue weighted by Crippen LogP contribution is -2.42. The first-order valence-corrected chi connectivity index (χ1v) is 10.2. The molecular formula is C15H24N4O4S2. The van der Waals surface area contributed by atoms with Crippen molar-refractivity contribution in [3.05, 3.63) is 18.3 Å². The predicted molar refractivity (Wildman–Crippen MR) is 96.6 cm³/mol. The maximum absolute atomic E-state index is 12.4. The van der Waals surface area contributed by atoms with E-state index >= 15 is 0 Å². The lowest BCUT2D eigenvalue weighted by Gasteiger charge is -2.19. The van der Waals surface area contributed by atoms with Crippen LogP contribution < -0.4 is 11.1 Å². The van der Waals surface area contributed by atoms with Gasteiger partial charge in [0.15, 0.2) is 0 Å². The van der Waals surface area contributed by atoms with Gasteiger partial charge in [-0.05, 0) is 18.1 Å². The van der Waals surface area contributed by atoms with Gasteiger partial charge >= 0.3 is 6.03 Å². The molecule has 140 valence electrons. The first-order chi connectivity index (χ1) is 11.6. The van der Waals surface area contributed by atoms with Gasteiger partial charge < -0.3 is 5.73 Å². The van der Waals surface area contributed by atoms with Crippen LogP contribution in [0.3, 0.4) is 0 Å². The molecule has 0 aliphatic heterocycles. The van der Waals surface area contributed by atoms with Crippen molar-refractivity contribution in [2.45, 2.75) is 42.9 Å². The summed E-state index contributed by atoms with van der Waals surface area (Å²) in [6.45, 7) is 7.94. The van der Waals surface area contributed by atoms with E-state index < -0.39 is 27.2 Å². The second-order valence-electron chi connectivity index (χ2n) is 5.56. The fourth-order valence-corrected chi connectivity index (χ4v) is 4.48. The van der Waals surface area contributed by atoms with Crippen LogP contribution in [0.4, 0.5) is 4.79 Å². The Morgan fingerprint density at radius 1 is 1.28 bits per heavy atom. The summed E-state index contributed by atoms with van der Waals surface area (Å²) in [7, 11) is -3.57. The third-order valence-corrected chi connectivity index (χ3v) is 6.94. The molecule has 0 bridgehead atoms. The second kappa shape index (κ2) is 9.16. The number of sulfonamides is 1. The van der Waals surface area contributed by atoms with Crippen LogP contribution in [0.1, 0.15) is 27.7 Å². The van der Waals surface area contributed by atoms with Gasteiger partial charge in [-0.25, -0.2) is 18.2 Å². The van der Waals surface area contributed by atoms with Crippen LogP contribution in [0.2, 0.25) is 0 Å². The average Bonchev–Trinajstić information content (AvgIpc) is 2.52. The molecule has 1 heterocycles. The van der Waals surface area contributed by atoms with E-state index in [1.165, 1.54) is 16.6 Å². The van der Waals surface area contributed by atoms with Gasteiger partial charge in [0.1, 0.15) is 4.90 Å². The van der Waals surface area contributed by atoms with Gasteiger partial charge in [0.25, 0.3) is 0 Å². The molecule has 0 aliphatic rings. The predicted octanol–water partition coefficient (Wildman–Crippen LogP) is 1.42. The third kappa shape index (κ3) is 5.68. The van der Waals surface area contributed by atoms with E-state index in [-0.39, 0.29) is 10.8 Å². The molecule has 8 nitrogen and oxygen atoms in total. The van der Waals surface area contributed by atoms with Crippen LogP contribution in [0.25, 0.3) is 0 Å². The summed E-state index contributed by atoms with van der Waals surface area (Å²) in [5, 5.41) is 1.96. The van der Waals surface area contributed by atoms with E-state index in [0.29, 0.717) is 18.1 Å². The highest BCUT2D eigenvalue weighted by molar-refractivity contribution is 8.00. The van der Waals surface area contributed by atoms with E-state index in [2.05, 4.69) is 10.3 Å². The van der Waals surface area contributed by atoms with Gasteiger partial charge in [-0.3, -0.25) is 10.1 Å². The molecule has 1 atom stereocenters. The smallest absolute Gasteiger partial charge is 0.318 e. The molecule has 1 aromatic heterocycles. The molecule has 0 fully saturated rings. The number of pyridine rings is 1. The molecule has 0 aromatic carbocycles. The minimum Gasteiger partial charge on any atom is -0.351 e. The quantitative estimate of drug-likeness (QED) is 0.650. The van der Waals surface area contributed by atoms with Crippen molar-refractivity contribution in [3.63, 3.8) is 0 Å². The van der Waals surface area contributed by atoms with Crippen molar-refractivity contribution in [2.24, 2.45) is 11.7 Å². The maximum Gasteiger partial charge on any atom is 0.318 e. The molecule has 0 spiro atoms. The van der Waals surface area contributed by atoms with E-state index in [9.17, 15) is 18.0 Å². The average molecular weight is 389 g/mol. The zero-order chi connectivity index (χ0) is 19.2. The monoisotopic (exact) mass is 388 g/mol. The van der Waals surface area contributed by atoms with Gasteiger partial charge in [0.05, 0.1) is 10.3 Å². The Labute approximate surface area is 152 Å². The topological polar surface area (TPSA) is 122 Å². The van der Waals surface area contributed by atoms with Crippen molar-refractivity contribution in [3.8, 4) is 0 Å². The summed E-state index contributed by atoms with van der Waals surface area (Å²) in [4.78, 5) is 27.1. The van der Waals surface area contributed by atoms with Crippen molar-refractivity contribution in [1.29, 1.82) is 0 Å². The number of carbonyl (C=O) groups excluding carboxylic acids is 2. The molecule has 10 heteroatoms. The molecule has 3 N–H and O–H groups in total. The summed E-state index contributed by atoms with van der Waals surface area (Å²) in [6, 6.07) is 2.10. The first-order valence-electron chi connectivity index (χ1n) is 7.86. The number of nitrogens with two attached hydrogens (primary N) is 1. The number of primary amides is 1. The van der Waals surface area contributed by atoms with Crippen LogP contribution >= 0.6 is 11.8 Å². The van der Waals surface area contributed by atoms with Gasteiger partial charge in [0, 0.05) is 19.3 Å². The highest BCUT2D eigenvalue weighted by Gasteiger charge is 2.26. The normalized spacial score (nSPS) is 13.0. The molecule has 25 heavy (non-hydrogen) atoms. The number of rotatable bonds is 8. The summed E-state index contributed by atoms with van der Waals surface area (Å²) in [6.07, 6.45) is 1.28. The zero-order valence-electron chi connectivity index (χ0n) is 14.7. The number of nitrogens with one attached hydrogen (secondary N) is 1. The van der Waals surface area contributed by atoms with Gasteiger partial charge in [0.2, 0.25) is 15.9 Å². The molecular weight excluding hydrogens is 364 g/mol. The number of urea groups is 1. The molecule has 0 aliphatic carbocycles. The van der Waals surface area contributed by atoms with Crippen LogP contribution in [0, 0.1) is 5.92 Å². The summed E-state index contributed by atoms with van der Waals surface area (Å²) in [5.41, 5.74) is 4.98. The SMILES string of the molecule is CCN(CC)S(=O)(=O)c1ccc(SC(C(=O)NC(N)=O)C(C)C)nc1. The molecule has 0 saturated carbocycles. The number of imide groups is 1. The Balaban J connectivity index is 2.98. The van der Waals surface area contributed by atoms with Crippen molar-refractivity contribution >= 4 is 33.7 Å². The largest absolute Gasteiger partial charge is 0.351 e. The molecule has 1 aromatic rings. The molecule has 3 amide bonds. The van der Waals surface area contributed by atoms with Gasteiger partial charge in [-0.15, -0.1) is 0 Å². The van der Waals surface area contributed by atoms with Crippen LogP contribution in [0.15, 0.2) is 28.3 Å². The molecule has 0 radical (unpaired) electrons. The van der Waals surface area contributed by atoms with Crippen LogP contribution in [0.5, 0.6) is 0 Å². The van der Waals surface area contributed by atoms with E-state index in [0.717, 1.165) is 11.8 Å². The fourth-order valence-electron chi connectivity index (χ4n) is 2.12. The number of hydrogen-bond donors (Lipinski definition) is 2. The second-order valence-corrected chi connectivity index (χ2v) is 8.66. The number of amides is 3. The van der Waals surface area contributed by atoms with Crippen LogP contribution in [-0.2, 0) is 14.8 Å². The lowest BCUT2D eigenvalue weighted by atomic mass is 10.1. The Kier molecular flexibility index (Phi) is 7.84. The summed E-state index contributed by atoms with van der Waals surface area (Å²) >= 11 is 1.15. The minimum absolute atomic E-state index is 0.0785. The van der Waals surface area contributed by atoms with E-state index in [4.69, 9.17) is 5.73 Å². The maximum atomic E-state index is 12.4. The third-order valence-electron chi connectivity index (χ3n) is 3.41. The Morgan fingerprint density at radius 2 is 1.88 bits per heavy atom. The minimum atomic E-state index is -3.57. The Bertz CT molecular complexity index is 701. The van der Waals surface area contributed by atoms with E-state index in [1.807, 2.05) is 13.8 Å². The fraction of sp³-hybridized carbons (Fsp3) is 0.533. The lowest BCUT2D eigenvalue weighted by molar-refractivity contribution is -0.120. The van der Waals surface area contributed by atoms with Crippen molar-refractivity contribution in [2.75, 3.05) is 13.1 Å². The zero-order valence-corrected chi connectivity index (χ0v) is 16.4. The molecule has 0 saturated heterocycles. The highest BCUT2D eigenvalue weighted by atomic mass is 32.2. The summed E-state index contributed by atoms with van der Waals surface area (Å²) in [5.74, 6) is -0.584. The number of hydrogen-bond acceptors (Lipinski definition) is 6. The van der Waals surface area contributed by atoms with Crippen LogP contribution in [-0.4, -0.2) is 48.0 Å². The van der Waals surface area contributed by atoms with Gasteiger partial charge in [-0.1, -0.05) is 39.5 Å². The standard InChI is InChI=1S/C15H24N4O4S2/c1-5-19(6-2)25(22,23)11-7-8-12(17-9-11)24-13(10(3)4)14(20)18-15(16)21/h7-10,13H,5-6H2,1-4H3,(H3,16,18,20,21). The summed E-state index contributed by atoms with van der Waals surface area (Å²) < 4.78 is 26.2. The van der Waals surface area contributed by atoms with E-state index in [1.54, 1.807) is 19.9 Å². The first kappa shape index (κ1) is 21.4. The Hall–Kier alpha value is -1.65. The number of thioether (sulfide) groups is 1. The number of nitrogens with zero attached hydrogens (tertiary/aromatic N) is 2. The molecule has 1 rings (SSSR count). The molecule has 1 unspecified atom stereocenters. The van der Waals surface area contributed by atoms with Crippen molar-refractivity contribution < 1.29 is 18.0 Å².